The predicted molar refractivity (Wildman–Crippen MR) is 109 cm³/mol. The Labute approximate surface area is 178 Å². The molecule has 2 saturated heterocycles. The lowest BCUT2D eigenvalue weighted by Gasteiger charge is -2.23. The van der Waals surface area contributed by atoms with Crippen LogP contribution in [0.5, 0.6) is 0 Å². The highest BCUT2D eigenvalue weighted by Gasteiger charge is 2.66. The minimum Gasteiger partial charge on any atom is -0.360 e. The lowest BCUT2D eigenvalue weighted by molar-refractivity contribution is -0.137. The summed E-state index contributed by atoms with van der Waals surface area (Å²) >= 11 is 6.27. The van der Waals surface area contributed by atoms with E-state index in [1.807, 2.05) is 30.4 Å². The Balaban J connectivity index is 1.32. The standard InChI is InChI=1S/C23H20ClFN2O3/c24-17-4-2-1-3-15(17)12-27-13-23-10-9-18(30-23)19(20(23)22(27)29)21(28)26-11-14-5-7-16(25)8-6-14/h1-10,18-20H,11-13H2,(H,26,28)/t18-,19-,20-,23-/m0/s1. The molecule has 154 valence electrons. The van der Waals surface area contributed by atoms with Gasteiger partial charge in [0.05, 0.1) is 24.5 Å². The van der Waals surface area contributed by atoms with Gasteiger partial charge < -0.3 is 15.0 Å². The van der Waals surface area contributed by atoms with Crippen molar-refractivity contribution >= 4 is 23.4 Å². The number of carbonyl (C=O) groups is 2. The Bertz CT molecular complexity index is 1040. The number of hydrogen-bond donors (Lipinski definition) is 1. The molecular weight excluding hydrogens is 407 g/mol. The second kappa shape index (κ2) is 7.22. The average molecular weight is 427 g/mol. The molecule has 0 aliphatic carbocycles. The molecule has 0 unspecified atom stereocenters. The molecule has 3 heterocycles. The molecule has 1 spiro atoms. The molecule has 5 rings (SSSR count). The maximum Gasteiger partial charge on any atom is 0.230 e. The zero-order chi connectivity index (χ0) is 20.9. The summed E-state index contributed by atoms with van der Waals surface area (Å²) in [5.41, 5.74) is 0.887. The van der Waals surface area contributed by atoms with Crippen LogP contribution in [0.4, 0.5) is 4.39 Å². The fourth-order valence-corrected chi connectivity index (χ4v) is 4.95. The van der Waals surface area contributed by atoms with Gasteiger partial charge in [0.2, 0.25) is 11.8 Å². The number of fused-ring (bicyclic) bond motifs is 1. The largest absolute Gasteiger partial charge is 0.360 e. The van der Waals surface area contributed by atoms with Crippen molar-refractivity contribution in [1.29, 1.82) is 0 Å². The van der Waals surface area contributed by atoms with Crippen molar-refractivity contribution in [3.63, 3.8) is 0 Å². The molecule has 30 heavy (non-hydrogen) atoms. The van der Waals surface area contributed by atoms with Crippen LogP contribution in [0.25, 0.3) is 0 Å². The van der Waals surface area contributed by atoms with Crippen LogP contribution in [-0.4, -0.2) is 35.0 Å². The van der Waals surface area contributed by atoms with Crippen LogP contribution in [0, 0.1) is 17.7 Å². The number of rotatable bonds is 5. The van der Waals surface area contributed by atoms with Gasteiger partial charge in [0.15, 0.2) is 0 Å². The van der Waals surface area contributed by atoms with Gasteiger partial charge in [-0.25, -0.2) is 4.39 Å². The van der Waals surface area contributed by atoms with E-state index in [1.54, 1.807) is 23.1 Å². The zero-order valence-electron chi connectivity index (χ0n) is 16.1. The normalized spacial score (nSPS) is 28.8. The van der Waals surface area contributed by atoms with Crippen molar-refractivity contribution in [1.82, 2.24) is 10.2 Å². The third kappa shape index (κ3) is 3.11. The van der Waals surface area contributed by atoms with Crippen molar-refractivity contribution in [2.45, 2.75) is 24.8 Å². The number of ether oxygens (including phenoxy) is 1. The highest BCUT2D eigenvalue weighted by molar-refractivity contribution is 6.31. The van der Waals surface area contributed by atoms with Crippen LogP contribution in [0.3, 0.4) is 0 Å². The fourth-order valence-electron chi connectivity index (χ4n) is 4.75. The molecule has 1 N–H and O–H groups in total. The van der Waals surface area contributed by atoms with E-state index in [9.17, 15) is 14.0 Å². The number of hydrogen-bond acceptors (Lipinski definition) is 3. The Kier molecular flexibility index (Phi) is 4.64. The van der Waals surface area contributed by atoms with Crippen molar-refractivity contribution in [3.05, 3.63) is 82.6 Å². The smallest absolute Gasteiger partial charge is 0.230 e. The van der Waals surface area contributed by atoms with E-state index in [-0.39, 0.29) is 24.2 Å². The van der Waals surface area contributed by atoms with Crippen molar-refractivity contribution in [2.75, 3.05) is 6.54 Å². The topological polar surface area (TPSA) is 58.6 Å². The average Bonchev–Trinajstić information content (AvgIpc) is 3.37. The third-order valence-corrected chi connectivity index (χ3v) is 6.55. The summed E-state index contributed by atoms with van der Waals surface area (Å²) in [5, 5.41) is 3.49. The molecule has 0 saturated carbocycles. The maximum atomic E-state index is 13.3. The van der Waals surface area contributed by atoms with Gasteiger partial charge in [-0.05, 0) is 29.3 Å². The summed E-state index contributed by atoms with van der Waals surface area (Å²) in [4.78, 5) is 28.0. The minimum atomic E-state index is -0.763. The molecule has 2 aromatic carbocycles. The van der Waals surface area contributed by atoms with Gasteiger partial charge in [-0.2, -0.15) is 0 Å². The first-order chi connectivity index (χ1) is 14.5. The Hall–Kier alpha value is -2.70. The molecule has 2 fully saturated rings. The van der Waals surface area contributed by atoms with Crippen LogP contribution in [0.15, 0.2) is 60.7 Å². The first-order valence-corrected chi connectivity index (χ1v) is 10.3. The molecule has 5 nitrogen and oxygen atoms in total. The number of carbonyl (C=O) groups excluding carboxylic acids is 2. The van der Waals surface area contributed by atoms with Crippen molar-refractivity contribution in [2.24, 2.45) is 11.8 Å². The number of nitrogens with one attached hydrogen (secondary N) is 1. The van der Waals surface area contributed by atoms with Crippen molar-refractivity contribution in [3.8, 4) is 0 Å². The van der Waals surface area contributed by atoms with Gasteiger partial charge in [0.25, 0.3) is 0 Å². The Morgan fingerprint density at radius 2 is 2.00 bits per heavy atom. The third-order valence-electron chi connectivity index (χ3n) is 6.18. The van der Waals surface area contributed by atoms with E-state index in [0.29, 0.717) is 18.1 Å². The van der Waals surface area contributed by atoms with Crippen LogP contribution in [-0.2, 0) is 27.4 Å². The summed E-state index contributed by atoms with van der Waals surface area (Å²) in [5.74, 6) is -1.78. The first-order valence-electron chi connectivity index (χ1n) is 9.88. The zero-order valence-corrected chi connectivity index (χ0v) is 16.8. The van der Waals surface area contributed by atoms with Crippen LogP contribution < -0.4 is 5.32 Å². The van der Waals surface area contributed by atoms with E-state index in [1.165, 1.54) is 12.1 Å². The van der Waals surface area contributed by atoms with Crippen molar-refractivity contribution < 1.29 is 18.7 Å². The predicted octanol–water partition coefficient (Wildman–Crippen LogP) is 3.08. The van der Waals surface area contributed by atoms with Gasteiger partial charge in [-0.3, -0.25) is 9.59 Å². The summed E-state index contributed by atoms with van der Waals surface area (Å²) in [7, 11) is 0. The number of amides is 2. The molecule has 0 aromatic heterocycles. The SMILES string of the molecule is O=C(NCc1ccc(F)cc1)[C@H]1[C@@H]2C=C[C@@]3(CN(Cc4ccccc4Cl)C(=O)[C@H]13)O2. The van der Waals surface area contributed by atoms with E-state index in [0.717, 1.165) is 11.1 Å². The second-order valence-electron chi connectivity index (χ2n) is 8.03. The van der Waals surface area contributed by atoms with E-state index in [2.05, 4.69) is 5.32 Å². The lowest BCUT2D eigenvalue weighted by atomic mass is 9.77. The van der Waals surface area contributed by atoms with E-state index >= 15 is 0 Å². The number of halogens is 2. The highest BCUT2D eigenvalue weighted by atomic mass is 35.5. The molecule has 3 aliphatic heterocycles. The maximum absolute atomic E-state index is 13.3. The Morgan fingerprint density at radius 1 is 1.23 bits per heavy atom. The molecule has 7 heteroatoms. The fraction of sp³-hybridized carbons (Fsp3) is 0.304. The van der Waals surface area contributed by atoms with Crippen LogP contribution in [0.2, 0.25) is 5.02 Å². The quantitative estimate of drug-likeness (QED) is 0.747. The van der Waals surface area contributed by atoms with Gasteiger partial charge in [0.1, 0.15) is 11.4 Å². The Morgan fingerprint density at radius 3 is 2.77 bits per heavy atom. The first kappa shape index (κ1) is 19.3. The molecule has 4 atom stereocenters. The van der Waals surface area contributed by atoms with Gasteiger partial charge >= 0.3 is 0 Å². The number of nitrogens with zero attached hydrogens (tertiary/aromatic N) is 1. The molecule has 3 aliphatic rings. The van der Waals surface area contributed by atoms with Gasteiger partial charge in [0, 0.05) is 18.1 Å². The molecule has 2 bridgehead atoms. The number of benzene rings is 2. The summed E-state index contributed by atoms with van der Waals surface area (Å²) in [6, 6.07) is 13.4. The summed E-state index contributed by atoms with van der Waals surface area (Å²) in [6.45, 7) is 1.04. The lowest BCUT2D eigenvalue weighted by Crippen LogP contribution is -2.43. The highest BCUT2D eigenvalue weighted by Crippen LogP contribution is 2.52. The second-order valence-corrected chi connectivity index (χ2v) is 8.44. The molecule has 2 amide bonds. The molecule has 2 aromatic rings. The monoisotopic (exact) mass is 426 g/mol. The summed E-state index contributed by atoms with van der Waals surface area (Å²) < 4.78 is 19.2. The van der Waals surface area contributed by atoms with Gasteiger partial charge in [-0.15, -0.1) is 0 Å². The molecule has 0 radical (unpaired) electrons. The minimum absolute atomic E-state index is 0.0938. The van der Waals surface area contributed by atoms with E-state index in [4.69, 9.17) is 16.3 Å². The van der Waals surface area contributed by atoms with Crippen LogP contribution in [0.1, 0.15) is 11.1 Å². The van der Waals surface area contributed by atoms with E-state index < -0.39 is 23.5 Å². The van der Waals surface area contributed by atoms with Gasteiger partial charge in [-0.1, -0.05) is 54.1 Å². The molecular formula is C23H20ClFN2O3. The number of likely N-dealkylation sites (tertiary alicyclic amines) is 1. The van der Waals surface area contributed by atoms with Crippen LogP contribution >= 0.6 is 11.6 Å². The summed E-state index contributed by atoms with van der Waals surface area (Å²) in [6.07, 6.45) is 3.40.